The molecule has 0 heterocycles. The van der Waals surface area contributed by atoms with Crippen molar-refractivity contribution in [1.82, 2.24) is 5.32 Å². The molecule has 1 N–H and O–H groups in total. The van der Waals surface area contributed by atoms with E-state index >= 15 is 0 Å². The standard InChI is InChI=1S/C14H21BrClN/c1-10(2)14(3,4)9-17-8-11-5-6-13(16)12(15)7-11/h5-7,10,17H,8-9H2,1-4H3. The predicted molar refractivity (Wildman–Crippen MR) is 79.5 cm³/mol. The lowest BCUT2D eigenvalue weighted by molar-refractivity contribution is 0.238. The predicted octanol–water partition coefficient (Wildman–Crippen LogP) is 4.87. The largest absolute Gasteiger partial charge is 0.312 e. The Hall–Kier alpha value is -0.0500. The van der Waals surface area contributed by atoms with Crippen LogP contribution in [0.15, 0.2) is 22.7 Å². The molecule has 1 aromatic carbocycles. The lowest BCUT2D eigenvalue weighted by Gasteiger charge is -2.29. The van der Waals surface area contributed by atoms with Crippen LogP contribution in [-0.2, 0) is 6.54 Å². The van der Waals surface area contributed by atoms with Crippen LogP contribution in [0.4, 0.5) is 0 Å². The molecule has 0 aliphatic carbocycles. The molecule has 1 aromatic rings. The van der Waals surface area contributed by atoms with Crippen LogP contribution < -0.4 is 5.32 Å². The fourth-order valence-electron chi connectivity index (χ4n) is 1.38. The van der Waals surface area contributed by atoms with Crippen molar-refractivity contribution >= 4 is 27.5 Å². The quantitative estimate of drug-likeness (QED) is 0.816. The summed E-state index contributed by atoms with van der Waals surface area (Å²) < 4.78 is 0.960. The average molecular weight is 319 g/mol. The van der Waals surface area contributed by atoms with Gasteiger partial charge in [-0.1, -0.05) is 45.4 Å². The summed E-state index contributed by atoms with van der Waals surface area (Å²) in [6, 6.07) is 6.05. The van der Waals surface area contributed by atoms with E-state index in [2.05, 4.69) is 61.1 Å². The van der Waals surface area contributed by atoms with Crippen molar-refractivity contribution < 1.29 is 0 Å². The highest BCUT2D eigenvalue weighted by atomic mass is 79.9. The Morgan fingerprint density at radius 3 is 2.53 bits per heavy atom. The Morgan fingerprint density at radius 2 is 2.00 bits per heavy atom. The highest BCUT2D eigenvalue weighted by Crippen LogP contribution is 2.25. The maximum absolute atomic E-state index is 5.96. The van der Waals surface area contributed by atoms with Crippen molar-refractivity contribution in [3.8, 4) is 0 Å². The van der Waals surface area contributed by atoms with Crippen LogP contribution >= 0.6 is 27.5 Å². The van der Waals surface area contributed by atoms with Crippen LogP contribution in [0.25, 0.3) is 0 Å². The average Bonchev–Trinajstić information content (AvgIpc) is 2.23. The molecule has 96 valence electrons. The van der Waals surface area contributed by atoms with Crippen LogP contribution in [-0.4, -0.2) is 6.54 Å². The third-order valence-corrected chi connectivity index (χ3v) is 4.67. The van der Waals surface area contributed by atoms with E-state index < -0.39 is 0 Å². The highest BCUT2D eigenvalue weighted by molar-refractivity contribution is 9.10. The fraction of sp³-hybridized carbons (Fsp3) is 0.571. The van der Waals surface area contributed by atoms with Crippen LogP contribution in [0.2, 0.25) is 5.02 Å². The summed E-state index contributed by atoms with van der Waals surface area (Å²) >= 11 is 9.40. The Labute approximate surface area is 118 Å². The second-order valence-electron chi connectivity index (χ2n) is 5.50. The van der Waals surface area contributed by atoms with Gasteiger partial charge >= 0.3 is 0 Å². The maximum Gasteiger partial charge on any atom is 0.0548 e. The van der Waals surface area contributed by atoms with Crippen molar-refractivity contribution in [1.29, 1.82) is 0 Å². The van der Waals surface area contributed by atoms with Crippen LogP contribution in [0, 0.1) is 11.3 Å². The van der Waals surface area contributed by atoms with Crippen molar-refractivity contribution in [3.05, 3.63) is 33.3 Å². The van der Waals surface area contributed by atoms with Gasteiger partial charge in [-0.25, -0.2) is 0 Å². The smallest absolute Gasteiger partial charge is 0.0548 e. The molecule has 0 aliphatic rings. The van der Waals surface area contributed by atoms with Crippen molar-refractivity contribution in [2.24, 2.45) is 11.3 Å². The Morgan fingerprint density at radius 1 is 1.35 bits per heavy atom. The monoisotopic (exact) mass is 317 g/mol. The van der Waals surface area contributed by atoms with E-state index in [1.54, 1.807) is 0 Å². The van der Waals surface area contributed by atoms with Crippen molar-refractivity contribution in [2.45, 2.75) is 34.2 Å². The Kier molecular flexibility index (Phi) is 5.49. The zero-order valence-corrected chi connectivity index (χ0v) is 13.3. The van der Waals surface area contributed by atoms with Crippen LogP contribution in [0.3, 0.4) is 0 Å². The molecule has 0 radical (unpaired) electrons. The first-order valence-electron chi connectivity index (χ1n) is 5.97. The number of hydrogen-bond acceptors (Lipinski definition) is 1. The number of rotatable bonds is 5. The van der Waals surface area contributed by atoms with Crippen LogP contribution in [0.1, 0.15) is 33.3 Å². The minimum absolute atomic E-state index is 0.323. The van der Waals surface area contributed by atoms with Gasteiger partial charge in [-0.05, 0) is 45.0 Å². The molecule has 0 bridgehead atoms. The zero-order chi connectivity index (χ0) is 13.1. The molecule has 0 amide bonds. The second-order valence-corrected chi connectivity index (χ2v) is 6.76. The van der Waals surface area contributed by atoms with Gasteiger partial charge < -0.3 is 5.32 Å². The molecule has 0 atom stereocenters. The summed E-state index contributed by atoms with van der Waals surface area (Å²) in [5, 5.41) is 4.27. The number of halogens is 2. The summed E-state index contributed by atoms with van der Waals surface area (Å²) in [5.74, 6) is 0.673. The van der Waals surface area contributed by atoms with E-state index in [4.69, 9.17) is 11.6 Å². The molecule has 1 rings (SSSR count). The molecule has 0 saturated carbocycles. The molecular formula is C14H21BrClN. The topological polar surface area (TPSA) is 12.0 Å². The summed E-state index contributed by atoms with van der Waals surface area (Å²) in [6.45, 7) is 11.0. The van der Waals surface area contributed by atoms with Gasteiger partial charge in [0.1, 0.15) is 0 Å². The van der Waals surface area contributed by atoms with Gasteiger partial charge in [0.15, 0.2) is 0 Å². The first-order valence-corrected chi connectivity index (χ1v) is 7.14. The second kappa shape index (κ2) is 6.21. The van der Waals surface area contributed by atoms with Gasteiger partial charge in [-0.15, -0.1) is 0 Å². The molecule has 0 aromatic heterocycles. The van der Waals surface area contributed by atoms with Gasteiger partial charge in [0, 0.05) is 17.6 Å². The van der Waals surface area contributed by atoms with E-state index in [9.17, 15) is 0 Å². The number of nitrogens with one attached hydrogen (secondary N) is 1. The molecule has 0 aliphatic heterocycles. The van der Waals surface area contributed by atoms with E-state index in [0.717, 1.165) is 22.6 Å². The fourth-order valence-corrected chi connectivity index (χ4v) is 1.93. The molecular weight excluding hydrogens is 298 g/mol. The van der Waals surface area contributed by atoms with Gasteiger partial charge in [0.05, 0.1) is 5.02 Å². The number of benzene rings is 1. The molecule has 17 heavy (non-hydrogen) atoms. The molecule has 0 unspecified atom stereocenters. The third-order valence-electron chi connectivity index (χ3n) is 3.46. The normalized spacial score (nSPS) is 12.2. The lowest BCUT2D eigenvalue weighted by atomic mass is 9.81. The van der Waals surface area contributed by atoms with Gasteiger partial charge in [0.25, 0.3) is 0 Å². The molecule has 3 heteroatoms. The lowest BCUT2D eigenvalue weighted by Crippen LogP contribution is -2.33. The van der Waals surface area contributed by atoms with Crippen molar-refractivity contribution in [3.63, 3.8) is 0 Å². The van der Waals surface area contributed by atoms with Crippen LogP contribution in [0.5, 0.6) is 0 Å². The molecule has 0 spiro atoms. The SMILES string of the molecule is CC(C)C(C)(C)CNCc1ccc(Cl)c(Br)c1. The van der Waals surface area contributed by atoms with E-state index in [1.807, 2.05) is 6.07 Å². The summed E-state index contributed by atoms with van der Waals surface area (Å²) in [6.07, 6.45) is 0. The van der Waals surface area contributed by atoms with E-state index in [1.165, 1.54) is 5.56 Å². The summed E-state index contributed by atoms with van der Waals surface area (Å²) in [7, 11) is 0. The zero-order valence-electron chi connectivity index (χ0n) is 11.0. The first-order chi connectivity index (χ1) is 7.83. The molecule has 0 saturated heterocycles. The van der Waals surface area contributed by atoms with Crippen molar-refractivity contribution in [2.75, 3.05) is 6.54 Å². The Balaban J connectivity index is 2.49. The first kappa shape index (κ1) is 15.0. The molecule has 1 nitrogen and oxygen atoms in total. The summed E-state index contributed by atoms with van der Waals surface area (Å²) in [4.78, 5) is 0. The van der Waals surface area contributed by atoms with E-state index in [0.29, 0.717) is 11.3 Å². The van der Waals surface area contributed by atoms with E-state index in [-0.39, 0.29) is 0 Å². The maximum atomic E-state index is 5.96. The minimum atomic E-state index is 0.323. The van der Waals surface area contributed by atoms with Gasteiger partial charge in [-0.3, -0.25) is 0 Å². The molecule has 0 fully saturated rings. The third kappa shape index (κ3) is 4.61. The van der Waals surface area contributed by atoms with Gasteiger partial charge in [-0.2, -0.15) is 0 Å². The van der Waals surface area contributed by atoms with Gasteiger partial charge in [0.2, 0.25) is 0 Å². The minimum Gasteiger partial charge on any atom is -0.312 e. The summed E-state index contributed by atoms with van der Waals surface area (Å²) in [5.41, 5.74) is 1.57. The Bertz CT molecular complexity index is 374. The number of hydrogen-bond donors (Lipinski definition) is 1. The highest BCUT2D eigenvalue weighted by Gasteiger charge is 2.21.